The van der Waals surface area contributed by atoms with Crippen molar-refractivity contribution in [3.05, 3.63) is 62.3 Å². The lowest BCUT2D eigenvalue weighted by Crippen LogP contribution is -2.44. The number of ether oxygens (including phenoxy) is 1. The SMILES string of the molecule is CC(C)=CCn1c(N2CCCC(N)C2)nc2c1c(=O)n(CCc1ccccc1OC(F)F)c(=O)n2C. The molecule has 1 aliphatic rings. The van der Waals surface area contributed by atoms with E-state index in [1.807, 2.05) is 24.5 Å². The number of imidazole rings is 1. The Bertz CT molecular complexity index is 1390. The number of nitrogens with zero attached hydrogens (tertiary/aromatic N) is 5. The maximum Gasteiger partial charge on any atom is 0.387 e. The number of halogens is 2. The van der Waals surface area contributed by atoms with Gasteiger partial charge in [-0.05, 0) is 44.7 Å². The van der Waals surface area contributed by atoms with Crippen molar-refractivity contribution in [2.45, 2.75) is 58.9 Å². The van der Waals surface area contributed by atoms with E-state index < -0.39 is 17.9 Å². The molecule has 194 valence electrons. The smallest absolute Gasteiger partial charge is 0.387 e. The van der Waals surface area contributed by atoms with E-state index in [-0.39, 0.29) is 24.8 Å². The monoisotopic (exact) mass is 502 g/mol. The van der Waals surface area contributed by atoms with Crippen molar-refractivity contribution in [3.8, 4) is 5.75 Å². The van der Waals surface area contributed by atoms with Gasteiger partial charge in [0.15, 0.2) is 11.2 Å². The lowest BCUT2D eigenvalue weighted by atomic mass is 10.1. The molecule has 2 N–H and O–H groups in total. The summed E-state index contributed by atoms with van der Waals surface area (Å²) in [5.41, 5.74) is 7.40. The minimum Gasteiger partial charge on any atom is -0.435 e. The van der Waals surface area contributed by atoms with Crippen LogP contribution in [0.5, 0.6) is 5.75 Å². The molecular formula is C25H32F2N6O3. The standard InChI is InChI=1S/C25H32F2N6O3/c1-16(2)10-13-32-20-21(29-24(32)31-12-6-8-18(28)15-31)30(3)25(35)33(22(20)34)14-11-17-7-4-5-9-19(17)36-23(26)27/h4-5,7,9-10,18,23H,6,8,11-15,28H2,1-3H3. The Morgan fingerprint density at radius 1 is 1.25 bits per heavy atom. The molecule has 1 saturated heterocycles. The molecule has 3 aromatic rings. The minimum atomic E-state index is -2.97. The van der Waals surface area contributed by atoms with Crippen LogP contribution in [0.4, 0.5) is 14.7 Å². The number of anilines is 1. The molecule has 1 aliphatic heterocycles. The fraction of sp³-hybridized carbons (Fsp3) is 0.480. The number of nitrogens with two attached hydrogens (primary N) is 1. The topological polar surface area (TPSA) is 100 Å². The van der Waals surface area contributed by atoms with Gasteiger partial charge in [-0.2, -0.15) is 13.8 Å². The summed E-state index contributed by atoms with van der Waals surface area (Å²) < 4.78 is 34.6. The molecule has 9 nitrogen and oxygen atoms in total. The van der Waals surface area contributed by atoms with Gasteiger partial charge in [0, 0.05) is 39.3 Å². The zero-order valence-corrected chi connectivity index (χ0v) is 20.8. The number of hydrogen-bond donors (Lipinski definition) is 1. The van der Waals surface area contributed by atoms with Crippen LogP contribution in [0.1, 0.15) is 32.3 Å². The third-order valence-corrected chi connectivity index (χ3v) is 6.43. The maximum absolute atomic E-state index is 13.7. The lowest BCUT2D eigenvalue weighted by molar-refractivity contribution is -0.0504. The molecule has 11 heteroatoms. The van der Waals surface area contributed by atoms with Crippen molar-refractivity contribution in [1.82, 2.24) is 18.7 Å². The third kappa shape index (κ3) is 5.20. The number of benzene rings is 1. The summed E-state index contributed by atoms with van der Waals surface area (Å²) in [4.78, 5) is 33.7. The minimum absolute atomic E-state index is 0.00278. The average molecular weight is 503 g/mol. The molecule has 0 saturated carbocycles. The number of allylic oxidation sites excluding steroid dienone is 2. The normalized spacial score (nSPS) is 16.1. The fourth-order valence-electron chi connectivity index (χ4n) is 4.59. The highest BCUT2D eigenvalue weighted by Crippen LogP contribution is 2.24. The van der Waals surface area contributed by atoms with Crippen LogP contribution >= 0.6 is 0 Å². The highest BCUT2D eigenvalue weighted by atomic mass is 19.3. The second-order valence-corrected chi connectivity index (χ2v) is 9.36. The molecule has 1 fully saturated rings. The van der Waals surface area contributed by atoms with Crippen molar-refractivity contribution < 1.29 is 13.5 Å². The number of aryl methyl sites for hydroxylation is 2. The summed E-state index contributed by atoms with van der Waals surface area (Å²) in [6.07, 6.45) is 4.00. The van der Waals surface area contributed by atoms with Crippen LogP contribution < -0.4 is 26.6 Å². The van der Waals surface area contributed by atoms with Crippen molar-refractivity contribution in [3.63, 3.8) is 0 Å². The maximum atomic E-state index is 13.7. The zero-order chi connectivity index (χ0) is 26.0. The van der Waals surface area contributed by atoms with Gasteiger partial charge in [0.05, 0.1) is 0 Å². The summed E-state index contributed by atoms with van der Waals surface area (Å²) in [5, 5.41) is 0. The number of hydrogen-bond acceptors (Lipinski definition) is 6. The van der Waals surface area contributed by atoms with Gasteiger partial charge in [0.1, 0.15) is 5.75 Å². The molecule has 0 amide bonds. The Labute approximate surface area is 207 Å². The fourth-order valence-corrected chi connectivity index (χ4v) is 4.59. The highest BCUT2D eigenvalue weighted by Gasteiger charge is 2.26. The van der Waals surface area contributed by atoms with Crippen molar-refractivity contribution in [1.29, 1.82) is 0 Å². The van der Waals surface area contributed by atoms with E-state index in [2.05, 4.69) is 9.64 Å². The van der Waals surface area contributed by atoms with Crippen LogP contribution in [0.2, 0.25) is 0 Å². The van der Waals surface area contributed by atoms with Crippen LogP contribution in [0.15, 0.2) is 45.5 Å². The third-order valence-electron chi connectivity index (χ3n) is 6.43. The Hall–Kier alpha value is -3.47. The average Bonchev–Trinajstić information content (AvgIpc) is 3.22. The molecule has 3 heterocycles. The number of aromatic nitrogens is 4. The molecule has 1 aromatic carbocycles. The Morgan fingerprint density at radius 3 is 2.69 bits per heavy atom. The molecular weight excluding hydrogens is 470 g/mol. The van der Waals surface area contributed by atoms with E-state index >= 15 is 0 Å². The molecule has 0 radical (unpaired) electrons. The molecule has 36 heavy (non-hydrogen) atoms. The van der Waals surface area contributed by atoms with Crippen molar-refractivity contribution >= 4 is 17.1 Å². The molecule has 0 aliphatic carbocycles. The van der Waals surface area contributed by atoms with Gasteiger partial charge in [-0.15, -0.1) is 0 Å². The summed E-state index contributed by atoms with van der Waals surface area (Å²) in [5.74, 6) is 0.633. The summed E-state index contributed by atoms with van der Waals surface area (Å²) >= 11 is 0. The van der Waals surface area contributed by atoms with Gasteiger partial charge in [-0.1, -0.05) is 29.8 Å². The predicted molar refractivity (Wildman–Crippen MR) is 135 cm³/mol. The van der Waals surface area contributed by atoms with Crippen molar-refractivity contribution in [2.24, 2.45) is 12.8 Å². The number of fused-ring (bicyclic) bond motifs is 1. The van der Waals surface area contributed by atoms with E-state index in [1.165, 1.54) is 10.6 Å². The number of rotatable bonds is 8. The van der Waals surface area contributed by atoms with Gasteiger partial charge in [0.2, 0.25) is 5.95 Å². The van der Waals surface area contributed by atoms with E-state index in [1.54, 1.807) is 25.2 Å². The van der Waals surface area contributed by atoms with Crippen LogP contribution in [0.25, 0.3) is 11.2 Å². The van der Waals surface area contributed by atoms with E-state index in [0.29, 0.717) is 35.8 Å². The van der Waals surface area contributed by atoms with E-state index in [4.69, 9.17) is 10.7 Å². The molecule has 1 unspecified atom stereocenters. The van der Waals surface area contributed by atoms with Gasteiger partial charge in [0.25, 0.3) is 5.56 Å². The van der Waals surface area contributed by atoms with Gasteiger partial charge in [-0.25, -0.2) is 4.79 Å². The van der Waals surface area contributed by atoms with Gasteiger partial charge in [-0.3, -0.25) is 13.9 Å². The van der Waals surface area contributed by atoms with Crippen LogP contribution in [0, 0.1) is 0 Å². The Kier molecular flexibility index (Phi) is 7.58. The van der Waals surface area contributed by atoms with Gasteiger partial charge < -0.3 is 19.9 Å². The van der Waals surface area contributed by atoms with Crippen LogP contribution in [-0.2, 0) is 26.6 Å². The lowest BCUT2D eigenvalue weighted by Gasteiger charge is -2.31. The molecule has 2 aromatic heterocycles. The molecule has 1 atom stereocenters. The van der Waals surface area contributed by atoms with Gasteiger partial charge >= 0.3 is 12.3 Å². The van der Waals surface area contributed by atoms with Crippen molar-refractivity contribution in [2.75, 3.05) is 18.0 Å². The first-order valence-electron chi connectivity index (χ1n) is 12.0. The Balaban J connectivity index is 1.80. The predicted octanol–water partition coefficient (Wildman–Crippen LogP) is 2.63. The molecule has 0 bridgehead atoms. The highest BCUT2D eigenvalue weighted by molar-refractivity contribution is 5.74. The number of para-hydroxylation sites is 1. The number of alkyl halides is 2. The first kappa shape index (κ1) is 25.6. The summed E-state index contributed by atoms with van der Waals surface area (Å²) in [7, 11) is 1.58. The van der Waals surface area contributed by atoms with E-state index in [9.17, 15) is 18.4 Å². The quantitative estimate of drug-likeness (QED) is 0.476. The molecule has 0 spiro atoms. The summed E-state index contributed by atoms with van der Waals surface area (Å²) in [6.45, 7) is 2.77. The van der Waals surface area contributed by atoms with Crippen LogP contribution in [-0.4, -0.2) is 44.4 Å². The first-order chi connectivity index (χ1) is 17.2. The molecule has 4 rings (SSSR count). The Morgan fingerprint density at radius 2 is 2.00 bits per heavy atom. The number of piperidine rings is 1. The summed E-state index contributed by atoms with van der Waals surface area (Å²) in [6, 6.07) is 6.38. The largest absolute Gasteiger partial charge is 0.435 e. The second kappa shape index (κ2) is 10.7. The van der Waals surface area contributed by atoms with Crippen LogP contribution in [0.3, 0.4) is 0 Å². The first-order valence-corrected chi connectivity index (χ1v) is 12.0. The van der Waals surface area contributed by atoms with E-state index in [0.717, 1.165) is 29.5 Å². The zero-order valence-electron chi connectivity index (χ0n) is 20.8. The second-order valence-electron chi connectivity index (χ2n) is 9.36.